The molecule has 0 radical (unpaired) electrons. The number of carbonyl (C=O) groups excluding carboxylic acids is 2. The second-order valence-electron chi connectivity index (χ2n) is 5.80. The first-order valence-corrected chi connectivity index (χ1v) is 9.08. The third-order valence-corrected chi connectivity index (χ3v) is 4.83. The first-order chi connectivity index (χ1) is 13.6. The van der Waals surface area contributed by atoms with Crippen LogP contribution in [0.4, 0.5) is 5.82 Å². The van der Waals surface area contributed by atoms with E-state index in [1.807, 2.05) is 30.3 Å². The molecule has 0 spiro atoms. The highest BCUT2D eigenvalue weighted by Crippen LogP contribution is 2.23. The van der Waals surface area contributed by atoms with E-state index in [2.05, 4.69) is 25.5 Å². The van der Waals surface area contributed by atoms with E-state index >= 15 is 0 Å². The van der Waals surface area contributed by atoms with Crippen molar-refractivity contribution in [3.05, 3.63) is 64.7 Å². The summed E-state index contributed by atoms with van der Waals surface area (Å²) in [4.78, 5) is 34.2. The molecule has 28 heavy (non-hydrogen) atoms. The molecule has 0 aliphatic heterocycles. The van der Waals surface area contributed by atoms with E-state index in [-0.39, 0.29) is 17.3 Å². The number of carbonyl (C=O) groups is 2. The molecule has 0 saturated heterocycles. The fourth-order valence-electron chi connectivity index (χ4n) is 2.49. The zero-order chi connectivity index (χ0) is 19.5. The number of thiazole rings is 1. The number of anilines is 1. The molecular formula is C18H14N6O3S. The summed E-state index contributed by atoms with van der Waals surface area (Å²) in [6.07, 6.45) is 4.28. The lowest BCUT2D eigenvalue weighted by molar-refractivity contribution is 0.101. The highest BCUT2D eigenvalue weighted by atomic mass is 32.1. The lowest BCUT2D eigenvalue weighted by Crippen LogP contribution is -2.14. The summed E-state index contributed by atoms with van der Waals surface area (Å²) in [6.45, 7) is 1.82. The molecule has 0 saturated carbocycles. The second-order valence-corrected chi connectivity index (χ2v) is 6.91. The molecule has 4 aromatic rings. The SMILES string of the molecule is CC(=O)c1ncc(Cn2ncc(NC(=O)c3ncoc3-c3ccccc3)n2)s1. The van der Waals surface area contributed by atoms with Crippen molar-refractivity contribution < 1.29 is 14.0 Å². The fourth-order valence-corrected chi connectivity index (χ4v) is 3.27. The van der Waals surface area contributed by atoms with Crippen LogP contribution in [0, 0.1) is 0 Å². The first-order valence-electron chi connectivity index (χ1n) is 8.26. The van der Waals surface area contributed by atoms with Crippen LogP contribution in [0.2, 0.25) is 0 Å². The van der Waals surface area contributed by atoms with Crippen molar-refractivity contribution in [2.75, 3.05) is 5.32 Å². The van der Waals surface area contributed by atoms with Crippen LogP contribution in [0.25, 0.3) is 11.3 Å². The molecule has 4 rings (SSSR count). The standard InChI is InChI=1S/C18H14N6O3S/c1-11(25)18-19-7-13(28-18)9-24-21-8-14(23-24)22-17(26)15-16(27-10-20-15)12-5-3-2-4-6-12/h2-8,10H,9H2,1H3,(H,22,23,26). The molecule has 0 aliphatic rings. The van der Waals surface area contributed by atoms with Gasteiger partial charge in [0.05, 0.1) is 12.7 Å². The zero-order valence-electron chi connectivity index (χ0n) is 14.7. The Morgan fingerprint density at radius 1 is 1.18 bits per heavy atom. The van der Waals surface area contributed by atoms with Gasteiger partial charge in [-0.05, 0) is 0 Å². The topological polar surface area (TPSA) is 116 Å². The zero-order valence-corrected chi connectivity index (χ0v) is 15.5. The monoisotopic (exact) mass is 394 g/mol. The number of hydrogen-bond acceptors (Lipinski definition) is 8. The van der Waals surface area contributed by atoms with Gasteiger partial charge in [0.2, 0.25) is 0 Å². The molecule has 3 aromatic heterocycles. The Hall–Kier alpha value is -3.66. The Morgan fingerprint density at radius 2 is 2.00 bits per heavy atom. The van der Waals surface area contributed by atoms with E-state index in [0.29, 0.717) is 17.3 Å². The number of aromatic nitrogens is 5. The van der Waals surface area contributed by atoms with Gasteiger partial charge in [-0.3, -0.25) is 9.59 Å². The van der Waals surface area contributed by atoms with E-state index in [0.717, 1.165) is 10.4 Å². The van der Waals surface area contributed by atoms with Crippen LogP contribution in [0.1, 0.15) is 32.1 Å². The van der Waals surface area contributed by atoms with Crippen molar-refractivity contribution in [2.24, 2.45) is 0 Å². The van der Waals surface area contributed by atoms with Crippen LogP contribution in [-0.2, 0) is 6.54 Å². The van der Waals surface area contributed by atoms with Crippen molar-refractivity contribution >= 4 is 28.8 Å². The van der Waals surface area contributed by atoms with Gasteiger partial charge in [-0.1, -0.05) is 30.3 Å². The van der Waals surface area contributed by atoms with Crippen LogP contribution in [0.3, 0.4) is 0 Å². The van der Waals surface area contributed by atoms with Crippen molar-refractivity contribution in [3.63, 3.8) is 0 Å². The summed E-state index contributed by atoms with van der Waals surface area (Å²) in [7, 11) is 0. The second kappa shape index (κ2) is 7.53. The van der Waals surface area contributed by atoms with E-state index in [1.165, 1.54) is 35.6 Å². The smallest absolute Gasteiger partial charge is 0.279 e. The molecule has 0 atom stereocenters. The number of rotatable bonds is 6. The van der Waals surface area contributed by atoms with E-state index in [4.69, 9.17) is 4.42 Å². The van der Waals surface area contributed by atoms with Gasteiger partial charge in [-0.15, -0.1) is 16.4 Å². The highest BCUT2D eigenvalue weighted by Gasteiger charge is 2.19. The summed E-state index contributed by atoms with van der Waals surface area (Å²) in [5.74, 6) is 0.131. The number of nitrogens with zero attached hydrogens (tertiary/aromatic N) is 5. The average molecular weight is 394 g/mol. The molecule has 0 fully saturated rings. The molecule has 0 aliphatic carbocycles. The number of oxazole rings is 1. The predicted molar refractivity (Wildman–Crippen MR) is 101 cm³/mol. The minimum atomic E-state index is -0.448. The van der Waals surface area contributed by atoms with Crippen LogP contribution < -0.4 is 5.32 Å². The molecule has 0 unspecified atom stereocenters. The Kier molecular flexibility index (Phi) is 4.77. The van der Waals surface area contributed by atoms with Crippen LogP contribution in [0.15, 0.2) is 53.5 Å². The molecule has 10 heteroatoms. The van der Waals surface area contributed by atoms with Gasteiger partial charge >= 0.3 is 0 Å². The highest BCUT2D eigenvalue weighted by molar-refractivity contribution is 7.13. The van der Waals surface area contributed by atoms with Crippen LogP contribution >= 0.6 is 11.3 Å². The van der Waals surface area contributed by atoms with Crippen molar-refractivity contribution in [2.45, 2.75) is 13.5 Å². The van der Waals surface area contributed by atoms with Crippen molar-refractivity contribution in [3.8, 4) is 11.3 Å². The molecular weight excluding hydrogens is 380 g/mol. The maximum Gasteiger partial charge on any atom is 0.279 e. The minimum Gasteiger partial charge on any atom is -0.443 e. The quantitative estimate of drug-likeness (QED) is 0.500. The molecule has 1 N–H and O–H groups in total. The normalized spacial score (nSPS) is 10.8. The largest absolute Gasteiger partial charge is 0.443 e. The first kappa shape index (κ1) is 17.7. The summed E-state index contributed by atoms with van der Waals surface area (Å²) in [5.41, 5.74) is 0.912. The lowest BCUT2D eigenvalue weighted by Gasteiger charge is -2.01. The molecule has 3 heterocycles. The fraction of sp³-hybridized carbons (Fsp3) is 0.111. The Morgan fingerprint density at radius 3 is 2.75 bits per heavy atom. The molecule has 9 nitrogen and oxygen atoms in total. The van der Waals surface area contributed by atoms with Crippen molar-refractivity contribution in [1.29, 1.82) is 0 Å². The predicted octanol–water partition coefficient (Wildman–Crippen LogP) is 2.89. The lowest BCUT2D eigenvalue weighted by atomic mass is 10.1. The summed E-state index contributed by atoms with van der Waals surface area (Å²) < 4.78 is 5.37. The Bertz CT molecular complexity index is 1130. The number of amides is 1. The number of Topliss-reactive ketones (excluding diaryl/α,β-unsaturated/α-hetero) is 1. The van der Waals surface area contributed by atoms with Gasteiger partial charge in [-0.2, -0.15) is 9.90 Å². The Labute approximate surface area is 163 Å². The molecule has 140 valence electrons. The molecule has 0 bridgehead atoms. The molecule has 1 aromatic carbocycles. The number of hydrogen-bond donors (Lipinski definition) is 1. The number of ketones is 1. The maximum absolute atomic E-state index is 12.6. The Balaban J connectivity index is 1.46. The summed E-state index contributed by atoms with van der Waals surface area (Å²) in [6, 6.07) is 9.24. The van der Waals surface area contributed by atoms with Gasteiger partial charge in [-0.25, -0.2) is 9.97 Å². The van der Waals surface area contributed by atoms with Gasteiger partial charge < -0.3 is 9.73 Å². The third-order valence-electron chi connectivity index (χ3n) is 3.75. The van der Waals surface area contributed by atoms with Gasteiger partial charge in [0.15, 0.2) is 34.5 Å². The summed E-state index contributed by atoms with van der Waals surface area (Å²) >= 11 is 1.29. The third kappa shape index (κ3) is 3.71. The number of nitrogens with one attached hydrogen (secondary N) is 1. The maximum atomic E-state index is 12.6. The van der Waals surface area contributed by atoms with Gasteiger partial charge in [0.1, 0.15) is 0 Å². The van der Waals surface area contributed by atoms with Gasteiger partial charge in [0, 0.05) is 23.6 Å². The van der Waals surface area contributed by atoms with E-state index in [1.54, 1.807) is 6.20 Å². The molecule has 1 amide bonds. The van der Waals surface area contributed by atoms with Gasteiger partial charge in [0.25, 0.3) is 5.91 Å². The van der Waals surface area contributed by atoms with Crippen LogP contribution in [-0.4, -0.2) is 36.7 Å². The number of benzene rings is 1. The van der Waals surface area contributed by atoms with E-state index in [9.17, 15) is 9.59 Å². The van der Waals surface area contributed by atoms with Crippen molar-refractivity contribution in [1.82, 2.24) is 25.0 Å². The average Bonchev–Trinajstić information content (AvgIpc) is 3.43. The summed E-state index contributed by atoms with van der Waals surface area (Å²) in [5, 5.41) is 11.4. The minimum absolute atomic E-state index is 0.0838. The van der Waals surface area contributed by atoms with E-state index < -0.39 is 5.91 Å². The van der Waals surface area contributed by atoms with Crippen LogP contribution in [0.5, 0.6) is 0 Å².